The molecule has 0 amide bonds. The monoisotopic (exact) mass is 335 g/mol. The van der Waals surface area contributed by atoms with E-state index < -0.39 is 11.7 Å². The van der Waals surface area contributed by atoms with Crippen molar-refractivity contribution < 1.29 is 13.2 Å². The molecule has 0 aromatic heterocycles. The molecule has 0 heterocycles. The van der Waals surface area contributed by atoms with Crippen LogP contribution in [-0.4, -0.2) is 25.5 Å². The predicted molar refractivity (Wildman–Crippen MR) is 92.2 cm³/mol. The lowest BCUT2D eigenvalue weighted by Gasteiger charge is -2.23. The molecule has 2 rings (SSSR count). The molecule has 0 aliphatic rings. The van der Waals surface area contributed by atoms with Gasteiger partial charge in [0, 0.05) is 0 Å². The zero-order valence-corrected chi connectivity index (χ0v) is 14.4. The highest BCUT2D eigenvalue weighted by molar-refractivity contribution is 5.38. The molecule has 0 aliphatic heterocycles. The molecule has 0 aliphatic carbocycles. The Balaban J connectivity index is 2.36. The van der Waals surface area contributed by atoms with Gasteiger partial charge in [-0.1, -0.05) is 42.5 Å². The first-order chi connectivity index (χ1) is 11.3. The van der Waals surface area contributed by atoms with E-state index in [2.05, 4.69) is 4.90 Å². The van der Waals surface area contributed by atoms with Gasteiger partial charge >= 0.3 is 6.18 Å². The van der Waals surface area contributed by atoms with Gasteiger partial charge in [-0.25, -0.2) is 0 Å². The summed E-state index contributed by atoms with van der Waals surface area (Å²) < 4.78 is 40.2. The van der Waals surface area contributed by atoms with Gasteiger partial charge in [0.25, 0.3) is 0 Å². The topological polar surface area (TPSA) is 3.24 Å². The van der Waals surface area contributed by atoms with Crippen LogP contribution in [-0.2, 0) is 12.6 Å². The first-order valence-electron chi connectivity index (χ1n) is 8.14. The third-order valence-corrected chi connectivity index (χ3v) is 4.36. The van der Waals surface area contributed by atoms with Gasteiger partial charge in [-0.3, -0.25) is 0 Å². The van der Waals surface area contributed by atoms with Crippen molar-refractivity contribution in [2.24, 2.45) is 0 Å². The van der Waals surface area contributed by atoms with Gasteiger partial charge in [0.05, 0.1) is 5.56 Å². The molecule has 1 atom stereocenters. The normalized spacial score (nSPS) is 13.3. The molecule has 1 nitrogen and oxygen atoms in total. The molecule has 1 unspecified atom stereocenters. The standard InChI is InChI=1S/C20H24F3N/c1-15-8-7-11-19(20(21,22)23)18(15)14-17(12-13-24(2)3)16-9-5-4-6-10-16/h4-11,17H,12-14H2,1-3H3. The minimum Gasteiger partial charge on any atom is -0.309 e. The number of benzene rings is 2. The zero-order chi connectivity index (χ0) is 17.7. The Kier molecular flexibility index (Phi) is 6.05. The molecule has 0 bridgehead atoms. The van der Waals surface area contributed by atoms with E-state index in [9.17, 15) is 13.2 Å². The van der Waals surface area contributed by atoms with Crippen molar-refractivity contribution in [1.29, 1.82) is 0 Å². The average molecular weight is 335 g/mol. The summed E-state index contributed by atoms with van der Waals surface area (Å²) in [5.41, 5.74) is 1.71. The van der Waals surface area contributed by atoms with Gasteiger partial charge in [0.2, 0.25) is 0 Å². The number of hydrogen-bond donors (Lipinski definition) is 0. The molecule has 0 saturated heterocycles. The second-order valence-electron chi connectivity index (χ2n) is 6.50. The highest BCUT2D eigenvalue weighted by Crippen LogP contribution is 2.36. The quantitative estimate of drug-likeness (QED) is 0.693. The Morgan fingerprint density at radius 2 is 1.62 bits per heavy atom. The van der Waals surface area contributed by atoms with Crippen LogP contribution in [0.3, 0.4) is 0 Å². The van der Waals surface area contributed by atoms with Crippen LogP contribution < -0.4 is 0 Å². The van der Waals surface area contributed by atoms with Crippen molar-refractivity contribution in [2.45, 2.75) is 31.9 Å². The van der Waals surface area contributed by atoms with Crippen LogP contribution in [0.5, 0.6) is 0 Å². The molecular formula is C20H24F3N. The lowest BCUT2D eigenvalue weighted by atomic mass is 9.85. The largest absolute Gasteiger partial charge is 0.416 e. The summed E-state index contributed by atoms with van der Waals surface area (Å²) in [4.78, 5) is 2.07. The van der Waals surface area contributed by atoms with Gasteiger partial charge in [0.15, 0.2) is 0 Å². The summed E-state index contributed by atoms with van der Waals surface area (Å²) in [6.45, 7) is 2.60. The van der Waals surface area contributed by atoms with E-state index in [1.807, 2.05) is 44.4 Å². The molecule has 24 heavy (non-hydrogen) atoms. The molecule has 0 N–H and O–H groups in total. The Hall–Kier alpha value is -1.81. The van der Waals surface area contributed by atoms with Crippen molar-refractivity contribution in [2.75, 3.05) is 20.6 Å². The Labute approximate surface area is 142 Å². The summed E-state index contributed by atoms with van der Waals surface area (Å²) in [5.74, 6) is 0.0656. The van der Waals surface area contributed by atoms with E-state index >= 15 is 0 Å². The fourth-order valence-corrected chi connectivity index (χ4v) is 3.01. The molecule has 0 saturated carbocycles. The molecule has 0 spiro atoms. The summed E-state index contributed by atoms with van der Waals surface area (Å²) >= 11 is 0. The molecule has 4 heteroatoms. The van der Waals surface area contributed by atoms with Crippen LogP contribution in [0.4, 0.5) is 13.2 Å². The fourth-order valence-electron chi connectivity index (χ4n) is 3.01. The minimum absolute atomic E-state index is 0.0656. The molecule has 130 valence electrons. The van der Waals surface area contributed by atoms with Crippen molar-refractivity contribution in [3.63, 3.8) is 0 Å². The van der Waals surface area contributed by atoms with Gasteiger partial charge in [0.1, 0.15) is 0 Å². The van der Waals surface area contributed by atoms with E-state index in [1.165, 1.54) is 12.1 Å². The second kappa shape index (κ2) is 7.84. The average Bonchev–Trinajstić information content (AvgIpc) is 2.52. The maximum atomic E-state index is 13.4. The number of alkyl halides is 3. The highest BCUT2D eigenvalue weighted by Gasteiger charge is 2.34. The molecular weight excluding hydrogens is 311 g/mol. The van der Waals surface area contributed by atoms with Crippen LogP contribution in [0, 0.1) is 6.92 Å². The van der Waals surface area contributed by atoms with Crippen molar-refractivity contribution in [1.82, 2.24) is 4.90 Å². The molecule has 2 aromatic rings. The molecule has 0 fully saturated rings. The lowest BCUT2D eigenvalue weighted by molar-refractivity contribution is -0.138. The Morgan fingerprint density at radius 1 is 0.958 bits per heavy atom. The van der Waals surface area contributed by atoms with Crippen molar-refractivity contribution in [3.05, 3.63) is 70.8 Å². The van der Waals surface area contributed by atoms with Crippen LogP contribution in [0.25, 0.3) is 0 Å². The van der Waals surface area contributed by atoms with Crippen LogP contribution in [0.1, 0.15) is 34.6 Å². The number of rotatable bonds is 6. The maximum absolute atomic E-state index is 13.4. The Morgan fingerprint density at radius 3 is 2.21 bits per heavy atom. The number of nitrogens with zero attached hydrogens (tertiary/aromatic N) is 1. The van der Waals surface area contributed by atoms with Crippen LogP contribution >= 0.6 is 0 Å². The molecule has 2 aromatic carbocycles. The van der Waals surface area contributed by atoms with E-state index in [4.69, 9.17) is 0 Å². The summed E-state index contributed by atoms with van der Waals surface area (Å²) in [6.07, 6.45) is -3.09. The smallest absolute Gasteiger partial charge is 0.309 e. The summed E-state index contributed by atoms with van der Waals surface area (Å²) in [6, 6.07) is 14.3. The van der Waals surface area contributed by atoms with Crippen LogP contribution in [0.15, 0.2) is 48.5 Å². The zero-order valence-electron chi connectivity index (χ0n) is 14.4. The minimum atomic E-state index is -4.32. The fraction of sp³-hybridized carbons (Fsp3) is 0.400. The first-order valence-corrected chi connectivity index (χ1v) is 8.14. The van der Waals surface area contributed by atoms with E-state index in [0.29, 0.717) is 17.5 Å². The predicted octanol–water partition coefficient (Wildman–Crippen LogP) is 5.29. The van der Waals surface area contributed by atoms with Crippen LogP contribution in [0.2, 0.25) is 0 Å². The van der Waals surface area contributed by atoms with E-state index in [1.54, 1.807) is 13.0 Å². The van der Waals surface area contributed by atoms with E-state index in [-0.39, 0.29) is 5.92 Å². The number of hydrogen-bond acceptors (Lipinski definition) is 1. The number of aryl methyl sites for hydroxylation is 1. The van der Waals surface area contributed by atoms with Gasteiger partial charge in [-0.2, -0.15) is 13.2 Å². The SMILES string of the molecule is Cc1cccc(C(F)(F)F)c1CC(CCN(C)C)c1ccccc1. The Bertz CT molecular complexity index is 648. The summed E-state index contributed by atoms with van der Waals surface area (Å²) in [5, 5.41) is 0. The maximum Gasteiger partial charge on any atom is 0.416 e. The van der Waals surface area contributed by atoms with Gasteiger partial charge in [-0.15, -0.1) is 0 Å². The van der Waals surface area contributed by atoms with Crippen molar-refractivity contribution in [3.8, 4) is 0 Å². The summed E-state index contributed by atoms with van der Waals surface area (Å²) in [7, 11) is 3.97. The van der Waals surface area contributed by atoms with E-state index in [0.717, 1.165) is 18.5 Å². The lowest BCUT2D eigenvalue weighted by Crippen LogP contribution is -2.19. The molecule has 0 radical (unpaired) electrons. The van der Waals surface area contributed by atoms with Gasteiger partial charge < -0.3 is 4.90 Å². The number of halogens is 3. The second-order valence-corrected chi connectivity index (χ2v) is 6.50. The van der Waals surface area contributed by atoms with Crippen molar-refractivity contribution >= 4 is 0 Å². The van der Waals surface area contributed by atoms with Gasteiger partial charge in [-0.05, 0) is 69.1 Å². The third-order valence-electron chi connectivity index (χ3n) is 4.36. The third kappa shape index (κ3) is 4.84. The highest BCUT2D eigenvalue weighted by atomic mass is 19.4. The first kappa shape index (κ1) is 18.5.